The van der Waals surface area contributed by atoms with E-state index in [0.29, 0.717) is 36.9 Å². The number of ether oxygens (including phenoxy) is 1. The Bertz CT molecular complexity index is 674. The van der Waals surface area contributed by atoms with Crippen molar-refractivity contribution in [2.75, 3.05) is 26.3 Å². The van der Waals surface area contributed by atoms with Crippen molar-refractivity contribution in [3.8, 4) is 11.4 Å². The molecule has 0 unspecified atom stereocenters. The number of nitrogens with zero attached hydrogens (tertiary/aromatic N) is 3. The average molecular weight is 304 g/mol. The maximum Gasteiger partial charge on any atom is 0.242 e. The van der Waals surface area contributed by atoms with Crippen LogP contribution in [0.1, 0.15) is 0 Å². The highest BCUT2D eigenvalue weighted by Gasteiger charge is 2.19. The first kappa shape index (κ1) is 14.0. The Morgan fingerprint density at radius 2 is 2.00 bits per heavy atom. The second-order valence-corrected chi connectivity index (χ2v) is 5.18. The molecule has 0 saturated carbocycles. The molecule has 21 heavy (non-hydrogen) atoms. The Hall–Kier alpha value is -1.99. The highest BCUT2D eigenvalue weighted by molar-refractivity contribution is 7.71. The quantitative estimate of drug-likeness (QED) is 0.872. The summed E-state index contributed by atoms with van der Waals surface area (Å²) >= 11 is 5.24. The number of amides is 1. The molecule has 110 valence electrons. The number of hydrogen-bond donors (Lipinski definition) is 1. The molecule has 1 fully saturated rings. The molecule has 0 spiro atoms. The van der Waals surface area contributed by atoms with Crippen LogP contribution >= 0.6 is 12.2 Å². The van der Waals surface area contributed by atoms with Gasteiger partial charge >= 0.3 is 0 Å². The first-order valence-corrected chi connectivity index (χ1v) is 7.22. The van der Waals surface area contributed by atoms with Crippen molar-refractivity contribution in [3.05, 3.63) is 35.1 Å². The van der Waals surface area contributed by atoms with E-state index in [4.69, 9.17) is 17.0 Å². The van der Waals surface area contributed by atoms with E-state index < -0.39 is 0 Å². The summed E-state index contributed by atoms with van der Waals surface area (Å²) in [5, 5.41) is 7.00. The van der Waals surface area contributed by atoms with Crippen molar-refractivity contribution in [2.24, 2.45) is 0 Å². The summed E-state index contributed by atoms with van der Waals surface area (Å²) in [6, 6.07) is 9.69. The van der Waals surface area contributed by atoms with Crippen LogP contribution in [0.5, 0.6) is 0 Å². The summed E-state index contributed by atoms with van der Waals surface area (Å²) < 4.78 is 7.45. The third kappa shape index (κ3) is 3.03. The third-order valence-electron chi connectivity index (χ3n) is 3.45. The van der Waals surface area contributed by atoms with Gasteiger partial charge in [-0.25, -0.2) is 0 Å². The van der Waals surface area contributed by atoms with Gasteiger partial charge < -0.3 is 9.64 Å². The van der Waals surface area contributed by atoms with Gasteiger partial charge in [0.05, 0.1) is 13.2 Å². The van der Waals surface area contributed by atoms with Crippen molar-refractivity contribution in [1.82, 2.24) is 19.7 Å². The normalized spacial score (nSPS) is 15.1. The standard InChI is InChI=1S/C14H16N4O2S/c19-12(17-6-8-20-9-7-17)10-18-13(15-16-14(18)21)11-4-2-1-3-5-11/h1-5H,6-10H2,(H,16,21). The number of carbonyl (C=O) groups is 1. The van der Waals surface area contributed by atoms with Crippen LogP contribution in [0.3, 0.4) is 0 Å². The highest BCUT2D eigenvalue weighted by atomic mass is 32.1. The molecule has 7 heteroatoms. The predicted octanol–water partition coefficient (Wildman–Crippen LogP) is 1.47. The first-order valence-electron chi connectivity index (χ1n) is 6.82. The van der Waals surface area contributed by atoms with Crippen molar-refractivity contribution < 1.29 is 9.53 Å². The lowest BCUT2D eigenvalue weighted by Crippen LogP contribution is -2.42. The van der Waals surface area contributed by atoms with Gasteiger partial charge in [0.2, 0.25) is 5.91 Å². The molecule has 2 aromatic rings. The average Bonchev–Trinajstić information content (AvgIpc) is 2.90. The number of carbonyl (C=O) groups excluding carboxylic acids is 1. The van der Waals surface area contributed by atoms with E-state index >= 15 is 0 Å². The van der Waals surface area contributed by atoms with Crippen LogP contribution in [-0.2, 0) is 16.1 Å². The van der Waals surface area contributed by atoms with Crippen molar-refractivity contribution in [3.63, 3.8) is 0 Å². The van der Waals surface area contributed by atoms with Crippen LogP contribution in [0.4, 0.5) is 0 Å². The highest BCUT2D eigenvalue weighted by Crippen LogP contribution is 2.16. The fourth-order valence-corrected chi connectivity index (χ4v) is 2.52. The minimum absolute atomic E-state index is 0.0352. The zero-order chi connectivity index (χ0) is 14.7. The van der Waals surface area contributed by atoms with Gasteiger partial charge in [0, 0.05) is 18.7 Å². The number of morpholine rings is 1. The monoisotopic (exact) mass is 304 g/mol. The van der Waals surface area contributed by atoms with Gasteiger partial charge in [-0.1, -0.05) is 30.3 Å². The smallest absolute Gasteiger partial charge is 0.242 e. The molecule has 1 aliphatic rings. The largest absolute Gasteiger partial charge is 0.378 e. The molecule has 0 bridgehead atoms. The van der Waals surface area contributed by atoms with Gasteiger partial charge in [-0.2, -0.15) is 5.10 Å². The van der Waals surface area contributed by atoms with Crippen LogP contribution < -0.4 is 0 Å². The molecule has 1 aliphatic heterocycles. The van der Waals surface area contributed by atoms with E-state index in [1.54, 1.807) is 9.47 Å². The van der Waals surface area contributed by atoms with E-state index in [9.17, 15) is 4.79 Å². The Balaban J connectivity index is 1.84. The number of aromatic amines is 1. The molecule has 0 aliphatic carbocycles. The molecule has 0 radical (unpaired) electrons. The predicted molar refractivity (Wildman–Crippen MR) is 80.2 cm³/mol. The van der Waals surface area contributed by atoms with Gasteiger partial charge in [0.1, 0.15) is 6.54 Å². The third-order valence-corrected chi connectivity index (χ3v) is 3.76. The molecule has 1 saturated heterocycles. The van der Waals surface area contributed by atoms with Crippen LogP contribution in [0.25, 0.3) is 11.4 Å². The van der Waals surface area contributed by atoms with Crippen LogP contribution in [0, 0.1) is 4.77 Å². The molecule has 1 amide bonds. The molecular formula is C14H16N4O2S. The second-order valence-electron chi connectivity index (χ2n) is 4.80. The zero-order valence-corrected chi connectivity index (χ0v) is 12.3. The van der Waals surface area contributed by atoms with Gasteiger partial charge in [-0.15, -0.1) is 0 Å². The molecule has 0 atom stereocenters. The number of rotatable bonds is 3. The van der Waals surface area contributed by atoms with Gasteiger partial charge in [0.25, 0.3) is 0 Å². The number of aromatic nitrogens is 3. The first-order chi connectivity index (χ1) is 10.3. The van der Waals surface area contributed by atoms with E-state index in [1.807, 2.05) is 30.3 Å². The fourth-order valence-electron chi connectivity index (χ4n) is 2.32. The molecule has 1 aromatic heterocycles. The SMILES string of the molecule is O=C(Cn1c(-c2ccccc2)n[nH]c1=S)N1CCOCC1. The maximum atomic E-state index is 12.4. The molecule has 3 rings (SSSR count). The Morgan fingerprint density at radius 3 is 2.71 bits per heavy atom. The molecule has 1 aromatic carbocycles. The molecule has 1 N–H and O–H groups in total. The number of hydrogen-bond acceptors (Lipinski definition) is 4. The van der Waals surface area contributed by atoms with Crippen LogP contribution in [0.15, 0.2) is 30.3 Å². The number of H-pyrrole nitrogens is 1. The summed E-state index contributed by atoms with van der Waals surface area (Å²) in [6.45, 7) is 2.64. The summed E-state index contributed by atoms with van der Waals surface area (Å²) in [4.78, 5) is 14.2. The van der Waals surface area contributed by atoms with Gasteiger partial charge in [-0.05, 0) is 12.2 Å². The second kappa shape index (κ2) is 6.19. The summed E-state index contributed by atoms with van der Waals surface area (Å²) in [7, 11) is 0. The summed E-state index contributed by atoms with van der Waals surface area (Å²) in [5.41, 5.74) is 0.930. The maximum absolute atomic E-state index is 12.4. The Morgan fingerprint density at radius 1 is 1.29 bits per heavy atom. The van der Waals surface area contributed by atoms with Crippen LogP contribution in [0.2, 0.25) is 0 Å². The van der Waals surface area contributed by atoms with Gasteiger partial charge in [-0.3, -0.25) is 14.5 Å². The molecule has 2 heterocycles. The molecule has 6 nitrogen and oxygen atoms in total. The van der Waals surface area contributed by atoms with Crippen molar-refractivity contribution >= 4 is 18.1 Å². The minimum Gasteiger partial charge on any atom is -0.378 e. The topological polar surface area (TPSA) is 63.2 Å². The van der Waals surface area contributed by atoms with Crippen molar-refractivity contribution in [2.45, 2.75) is 6.54 Å². The fraction of sp³-hybridized carbons (Fsp3) is 0.357. The Kier molecular flexibility index (Phi) is 4.12. The number of nitrogens with one attached hydrogen (secondary N) is 1. The molecular weight excluding hydrogens is 288 g/mol. The van der Waals surface area contributed by atoms with E-state index in [1.165, 1.54) is 0 Å². The van der Waals surface area contributed by atoms with Crippen LogP contribution in [-0.4, -0.2) is 51.9 Å². The van der Waals surface area contributed by atoms with Crippen molar-refractivity contribution in [1.29, 1.82) is 0 Å². The lowest BCUT2D eigenvalue weighted by atomic mass is 10.2. The van der Waals surface area contributed by atoms with E-state index in [-0.39, 0.29) is 12.5 Å². The summed E-state index contributed by atoms with van der Waals surface area (Å²) in [5.74, 6) is 0.718. The van der Waals surface area contributed by atoms with E-state index in [0.717, 1.165) is 5.56 Å². The Labute approximate surface area is 127 Å². The zero-order valence-electron chi connectivity index (χ0n) is 11.5. The lowest BCUT2D eigenvalue weighted by Gasteiger charge is -2.27. The summed E-state index contributed by atoms with van der Waals surface area (Å²) in [6.07, 6.45) is 0. The lowest BCUT2D eigenvalue weighted by molar-refractivity contribution is -0.135. The number of benzene rings is 1. The minimum atomic E-state index is 0.0352. The van der Waals surface area contributed by atoms with Gasteiger partial charge in [0.15, 0.2) is 10.6 Å². The van der Waals surface area contributed by atoms with E-state index in [2.05, 4.69) is 10.2 Å².